The van der Waals surface area contributed by atoms with Crippen molar-refractivity contribution in [2.24, 2.45) is 0 Å². The Morgan fingerprint density at radius 1 is 1.44 bits per heavy atom. The van der Waals surface area contributed by atoms with Crippen LogP contribution in [0.2, 0.25) is 0 Å². The van der Waals surface area contributed by atoms with E-state index < -0.39 is 0 Å². The van der Waals surface area contributed by atoms with E-state index in [1.807, 2.05) is 4.57 Å². The van der Waals surface area contributed by atoms with Crippen LogP contribution in [0, 0.1) is 11.3 Å². The van der Waals surface area contributed by atoms with Crippen LogP contribution in [0.25, 0.3) is 5.82 Å². The van der Waals surface area contributed by atoms with E-state index in [1.165, 1.54) is 6.20 Å². The fraction of sp³-hybridized carbons (Fsp3) is 0.273. The minimum atomic E-state index is 0.505. The molecule has 2 rings (SSSR count). The normalized spacial score (nSPS) is 10.0. The lowest BCUT2D eigenvalue weighted by molar-refractivity contribution is 0.784. The molecule has 2 aromatic rings. The minimum Gasteiger partial charge on any atom is -0.285 e. The molecule has 0 saturated carbocycles. The van der Waals surface area contributed by atoms with E-state index in [0.29, 0.717) is 11.4 Å². The van der Waals surface area contributed by atoms with Gasteiger partial charge in [0.1, 0.15) is 11.9 Å². The Kier molecular flexibility index (Phi) is 2.92. The monoisotopic (exact) mass is 213 g/mol. The third-order valence-electron chi connectivity index (χ3n) is 2.24. The summed E-state index contributed by atoms with van der Waals surface area (Å²) in [6.45, 7) is 2.08. The lowest BCUT2D eigenvalue weighted by atomic mass is 10.3. The number of aromatic nitrogens is 4. The van der Waals surface area contributed by atoms with Crippen LogP contribution in [0.1, 0.15) is 24.7 Å². The lowest BCUT2D eigenvalue weighted by Crippen LogP contribution is -2.05. The second-order valence-corrected chi connectivity index (χ2v) is 3.34. The fourth-order valence-corrected chi connectivity index (χ4v) is 1.53. The number of imidazole rings is 1. The summed E-state index contributed by atoms with van der Waals surface area (Å²) in [4.78, 5) is 4.24. The Labute approximate surface area is 93.4 Å². The molecular formula is C11H11N5. The first-order chi connectivity index (χ1) is 7.86. The van der Waals surface area contributed by atoms with Crippen LogP contribution in [0.15, 0.2) is 24.7 Å². The van der Waals surface area contributed by atoms with Crippen molar-refractivity contribution in [3.8, 4) is 11.9 Å². The number of nitriles is 1. The van der Waals surface area contributed by atoms with E-state index >= 15 is 0 Å². The van der Waals surface area contributed by atoms with E-state index in [9.17, 15) is 0 Å². The minimum absolute atomic E-state index is 0.505. The van der Waals surface area contributed by atoms with Crippen molar-refractivity contribution in [2.75, 3.05) is 0 Å². The summed E-state index contributed by atoms with van der Waals surface area (Å²) in [6.07, 6.45) is 6.88. The van der Waals surface area contributed by atoms with E-state index in [-0.39, 0.29) is 0 Å². The van der Waals surface area contributed by atoms with Gasteiger partial charge in [0.15, 0.2) is 5.82 Å². The van der Waals surface area contributed by atoms with Gasteiger partial charge in [-0.15, -0.1) is 5.10 Å². The van der Waals surface area contributed by atoms with Gasteiger partial charge in [0.25, 0.3) is 0 Å². The molecule has 0 spiro atoms. The molecule has 0 saturated heterocycles. The van der Waals surface area contributed by atoms with E-state index in [0.717, 1.165) is 18.7 Å². The Hall–Kier alpha value is -2.22. The maximum absolute atomic E-state index is 8.99. The summed E-state index contributed by atoms with van der Waals surface area (Å²) in [5.74, 6) is 1.45. The van der Waals surface area contributed by atoms with Crippen molar-refractivity contribution in [3.63, 3.8) is 0 Å². The standard InChI is InChI=1S/C11H11N5/c1-2-3-10-13-6-7-16(10)11-9(8-12)4-5-14-15-11/h4-7H,2-3H2,1H3. The third kappa shape index (κ3) is 1.77. The fourth-order valence-electron chi connectivity index (χ4n) is 1.53. The number of rotatable bonds is 3. The molecule has 0 bridgehead atoms. The summed E-state index contributed by atoms with van der Waals surface area (Å²) in [7, 11) is 0. The average Bonchev–Trinajstić information content (AvgIpc) is 2.77. The lowest BCUT2D eigenvalue weighted by Gasteiger charge is -2.06. The zero-order valence-electron chi connectivity index (χ0n) is 8.96. The maximum atomic E-state index is 8.99. The van der Waals surface area contributed by atoms with Crippen LogP contribution in [0.4, 0.5) is 0 Å². The molecule has 0 radical (unpaired) electrons. The molecule has 16 heavy (non-hydrogen) atoms. The number of hydrogen-bond acceptors (Lipinski definition) is 4. The van der Waals surface area contributed by atoms with E-state index in [2.05, 4.69) is 28.2 Å². The van der Waals surface area contributed by atoms with Crippen molar-refractivity contribution in [1.82, 2.24) is 19.7 Å². The molecule has 0 aromatic carbocycles. The predicted octanol–water partition coefficient (Wildman–Crippen LogP) is 1.49. The highest BCUT2D eigenvalue weighted by Gasteiger charge is 2.09. The van der Waals surface area contributed by atoms with Gasteiger partial charge in [-0.3, -0.25) is 4.57 Å². The first kappa shape index (κ1) is 10.3. The van der Waals surface area contributed by atoms with Gasteiger partial charge in [-0.1, -0.05) is 6.92 Å². The molecule has 0 aliphatic heterocycles. The zero-order chi connectivity index (χ0) is 11.4. The first-order valence-corrected chi connectivity index (χ1v) is 5.11. The highest BCUT2D eigenvalue weighted by atomic mass is 15.2. The molecule has 5 nitrogen and oxygen atoms in total. The largest absolute Gasteiger partial charge is 0.285 e. The summed E-state index contributed by atoms with van der Waals surface area (Å²) < 4.78 is 1.81. The topological polar surface area (TPSA) is 67.4 Å². The van der Waals surface area contributed by atoms with E-state index in [1.54, 1.807) is 18.5 Å². The molecular weight excluding hydrogens is 202 g/mol. The van der Waals surface area contributed by atoms with Crippen molar-refractivity contribution < 1.29 is 0 Å². The van der Waals surface area contributed by atoms with Crippen molar-refractivity contribution in [2.45, 2.75) is 19.8 Å². The molecule has 0 atom stereocenters. The SMILES string of the molecule is CCCc1nccn1-c1nnccc1C#N. The van der Waals surface area contributed by atoms with Crippen LogP contribution < -0.4 is 0 Å². The summed E-state index contributed by atoms with van der Waals surface area (Å²) in [6, 6.07) is 3.75. The Morgan fingerprint density at radius 2 is 2.31 bits per heavy atom. The van der Waals surface area contributed by atoms with Crippen molar-refractivity contribution in [3.05, 3.63) is 36.0 Å². The second-order valence-electron chi connectivity index (χ2n) is 3.34. The molecule has 0 N–H and O–H groups in total. The van der Waals surface area contributed by atoms with Crippen LogP contribution in [-0.2, 0) is 6.42 Å². The predicted molar refractivity (Wildman–Crippen MR) is 57.9 cm³/mol. The Bertz CT molecular complexity index is 523. The Morgan fingerprint density at radius 3 is 3.06 bits per heavy atom. The molecule has 80 valence electrons. The first-order valence-electron chi connectivity index (χ1n) is 5.11. The molecule has 2 aromatic heterocycles. The maximum Gasteiger partial charge on any atom is 0.178 e. The van der Waals surface area contributed by atoms with Gasteiger partial charge >= 0.3 is 0 Å². The number of hydrogen-bond donors (Lipinski definition) is 0. The highest BCUT2D eigenvalue weighted by molar-refractivity contribution is 5.42. The third-order valence-corrected chi connectivity index (χ3v) is 2.24. The highest BCUT2D eigenvalue weighted by Crippen LogP contribution is 2.12. The van der Waals surface area contributed by atoms with Gasteiger partial charge in [-0.05, 0) is 12.5 Å². The molecule has 0 fully saturated rings. The summed E-state index contributed by atoms with van der Waals surface area (Å²) in [5.41, 5.74) is 0.505. The quantitative estimate of drug-likeness (QED) is 0.774. The van der Waals surface area contributed by atoms with Gasteiger partial charge in [-0.25, -0.2) is 4.98 Å². The molecule has 0 unspecified atom stereocenters. The zero-order valence-corrected chi connectivity index (χ0v) is 8.96. The molecule has 5 heteroatoms. The average molecular weight is 213 g/mol. The van der Waals surface area contributed by atoms with Gasteiger partial charge in [0.05, 0.1) is 11.8 Å². The van der Waals surface area contributed by atoms with Crippen LogP contribution in [0.5, 0.6) is 0 Å². The molecule has 2 heterocycles. The Balaban J connectivity index is 2.51. The van der Waals surface area contributed by atoms with Crippen LogP contribution >= 0.6 is 0 Å². The number of nitrogens with zero attached hydrogens (tertiary/aromatic N) is 5. The summed E-state index contributed by atoms with van der Waals surface area (Å²) >= 11 is 0. The summed E-state index contributed by atoms with van der Waals surface area (Å²) in [5, 5.41) is 16.8. The van der Waals surface area contributed by atoms with Gasteiger partial charge in [-0.2, -0.15) is 10.4 Å². The van der Waals surface area contributed by atoms with Crippen LogP contribution in [0.3, 0.4) is 0 Å². The molecule has 0 aliphatic rings. The van der Waals surface area contributed by atoms with Crippen LogP contribution in [-0.4, -0.2) is 19.7 Å². The van der Waals surface area contributed by atoms with Gasteiger partial charge < -0.3 is 0 Å². The molecule has 0 aliphatic carbocycles. The van der Waals surface area contributed by atoms with Crippen molar-refractivity contribution >= 4 is 0 Å². The van der Waals surface area contributed by atoms with Crippen molar-refractivity contribution in [1.29, 1.82) is 5.26 Å². The second kappa shape index (κ2) is 4.53. The van der Waals surface area contributed by atoms with Gasteiger partial charge in [0, 0.05) is 18.8 Å². The smallest absolute Gasteiger partial charge is 0.178 e. The number of aryl methyl sites for hydroxylation is 1. The van der Waals surface area contributed by atoms with E-state index in [4.69, 9.17) is 5.26 Å². The van der Waals surface area contributed by atoms with Gasteiger partial charge in [0.2, 0.25) is 0 Å². The molecule has 0 amide bonds.